The number of ether oxygens (including phenoxy) is 1. The van der Waals surface area contributed by atoms with E-state index in [1.54, 1.807) is 38.1 Å². The summed E-state index contributed by atoms with van der Waals surface area (Å²) >= 11 is 5.83. The number of sulfonamides is 1. The normalized spacial score (nSPS) is 13.1. The number of rotatable bonds is 13. The zero-order valence-corrected chi connectivity index (χ0v) is 27.3. The molecule has 0 saturated heterocycles. The van der Waals surface area contributed by atoms with Crippen molar-refractivity contribution in [2.75, 3.05) is 18.0 Å². The van der Waals surface area contributed by atoms with E-state index < -0.39 is 56.9 Å². The Morgan fingerprint density at radius 2 is 1.60 bits per heavy atom. The molecule has 0 fully saturated rings. The van der Waals surface area contributed by atoms with Gasteiger partial charge in [-0.05, 0) is 74.7 Å². The second-order valence-electron chi connectivity index (χ2n) is 10.6. The third-order valence-corrected chi connectivity index (χ3v) is 9.45. The van der Waals surface area contributed by atoms with Crippen LogP contribution >= 0.6 is 11.6 Å². The van der Waals surface area contributed by atoms with E-state index in [4.69, 9.17) is 16.3 Å². The number of anilines is 1. The highest BCUT2D eigenvalue weighted by Gasteiger charge is 2.37. The first kappa shape index (κ1) is 35.7. The maximum Gasteiger partial charge on any atom is 0.417 e. The number of aryl methyl sites for hydroxylation is 1. The molecule has 0 aromatic heterocycles. The van der Waals surface area contributed by atoms with Crippen LogP contribution in [0.2, 0.25) is 5.02 Å². The molecule has 3 aromatic rings. The average molecular weight is 668 g/mol. The number of hydrogen-bond acceptors (Lipinski definition) is 5. The van der Waals surface area contributed by atoms with E-state index in [9.17, 15) is 31.2 Å². The standard InChI is InChI=1S/C32H37ClF3N3O5S/c1-6-22(4)37-31(41)29(7-2)38(19-23-10-13-25(44-5)14-11-23)30(40)20-39(45(42,43)26-15-8-21(3)9-16-26)24-12-17-28(33)27(18-24)32(34,35)36/h8-18,22,29H,6-7,19-20H2,1-5H3,(H,37,41). The molecule has 2 unspecified atom stereocenters. The van der Waals surface area contributed by atoms with Gasteiger partial charge in [-0.3, -0.25) is 13.9 Å². The minimum absolute atomic E-state index is 0.0813. The summed E-state index contributed by atoms with van der Waals surface area (Å²) in [4.78, 5) is 28.6. The lowest BCUT2D eigenvalue weighted by Crippen LogP contribution is -2.53. The first-order valence-electron chi connectivity index (χ1n) is 14.3. The van der Waals surface area contributed by atoms with Gasteiger partial charge in [-0.15, -0.1) is 0 Å². The smallest absolute Gasteiger partial charge is 0.417 e. The molecule has 1 N–H and O–H groups in total. The summed E-state index contributed by atoms with van der Waals surface area (Å²) in [5.74, 6) is -0.666. The molecule has 0 spiro atoms. The van der Waals surface area contributed by atoms with E-state index in [1.807, 2.05) is 13.8 Å². The van der Waals surface area contributed by atoms with Crippen LogP contribution in [-0.4, -0.2) is 50.9 Å². The molecule has 0 aliphatic rings. The van der Waals surface area contributed by atoms with Crippen molar-refractivity contribution in [2.24, 2.45) is 0 Å². The molecule has 244 valence electrons. The Kier molecular flexibility index (Phi) is 11.9. The fourth-order valence-corrected chi connectivity index (χ4v) is 6.17. The lowest BCUT2D eigenvalue weighted by Gasteiger charge is -2.34. The fourth-order valence-electron chi connectivity index (χ4n) is 4.54. The zero-order chi connectivity index (χ0) is 33.5. The first-order valence-corrected chi connectivity index (χ1v) is 16.1. The number of hydrogen-bond donors (Lipinski definition) is 1. The predicted octanol–water partition coefficient (Wildman–Crippen LogP) is 6.59. The third kappa shape index (κ3) is 8.91. The molecule has 3 rings (SSSR count). The topological polar surface area (TPSA) is 96.0 Å². The van der Waals surface area contributed by atoms with Crippen molar-refractivity contribution in [2.45, 2.75) is 70.2 Å². The molecular weight excluding hydrogens is 631 g/mol. The maximum absolute atomic E-state index is 14.2. The molecule has 0 radical (unpaired) electrons. The number of alkyl halides is 3. The number of nitrogens with one attached hydrogen (secondary N) is 1. The molecular formula is C32H37ClF3N3O5S. The van der Waals surface area contributed by atoms with E-state index >= 15 is 0 Å². The summed E-state index contributed by atoms with van der Waals surface area (Å²) in [7, 11) is -3.07. The van der Waals surface area contributed by atoms with Crippen molar-refractivity contribution in [3.63, 3.8) is 0 Å². The maximum atomic E-state index is 14.2. The number of amides is 2. The minimum Gasteiger partial charge on any atom is -0.497 e. The van der Waals surface area contributed by atoms with Gasteiger partial charge in [0, 0.05) is 12.6 Å². The van der Waals surface area contributed by atoms with Crippen LogP contribution in [0.25, 0.3) is 0 Å². The SMILES string of the molecule is CCC(C)NC(=O)C(CC)N(Cc1ccc(OC)cc1)C(=O)CN(c1ccc(Cl)c(C(F)(F)F)c1)S(=O)(=O)c1ccc(C)cc1. The van der Waals surface area contributed by atoms with Crippen LogP contribution in [0.4, 0.5) is 18.9 Å². The monoisotopic (exact) mass is 667 g/mol. The Morgan fingerprint density at radius 1 is 0.978 bits per heavy atom. The largest absolute Gasteiger partial charge is 0.497 e. The molecule has 2 atom stereocenters. The Labute approximate surface area is 267 Å². The minimum atomic E-state index is -4.89. The van der Waals surface area contributed by atoms with Crippen LogP contribution in [0.3, 0.4) is 0 Å². The summed E-state index contributed by atoms with van der Waals surface area (Å²) in [6, 6.07) is 13.9. The highest BCUT2D eigenvalue weighted by atomic mass is 35.5. The van der Waals surface area contributed by atoms with Gasteiger partial charge in [-0.2, -0.15) is 13.2 Å². The molecule has 2 amide bonds. The summed E-state index contributed by atoms with van der Waals surface area (Å²) in [6.45, 7) is 6.19. The lowest BCUT2D eigenvalue weighted by atomic mass is 10.1. The number of carbonyl (C=O) groups excluding carboxylic acids is 2. The van der Waals surface area contributed by atoms with E-state index in [2.05, 4.69) is 5.32 Å². The highest BCUT2D eigenvalue weighted by Crippen LogP contribution is 2.38. The second kappa shape index (κ2) is 15.0. The summed E-state index contributed by atoms with van der Waals surface area (Å²) in [6.07, 6.45) is -4.07. The van der Waals surface area contributed by atoms with Gasteiger partial charge < -0.3 is 15.0 Å². The third-order valence-electron chi connectivity index (χ3n) is 7.33. The first-order chi connectivity index (χ1) is 21.1. The summed E-state index contributed by atoms with van der Waals surface area (Å²) < 4.78 is 75.3. The highest BCUT2D eigenvalue weighted by molar-refractivity contribution is 7.92. The van der Waals surface area contributed by atoms with Gasteiger partial charge in [0.25, 0.3) is 10.0 Å². The second-order valence-corrected chi connectivity index (χ2v) is 12.9. The Balaban J connectivity index is 2.14. The number of benzene rings is 3. The fraction of sp³-hybridized carbons (Fsp3) is 0.375. The number of nitrogens with zero attached hydrogens (tertiary/aromatic N) is 2. The van der Waals surface area contributed by atoms with Crippen molar-refractivity contribution in [3.8, 4) is 5.75 Å². The van der Waals surface area contributed by atoms with Crippen molar-refractivity contribution in [1.82, 2.24) is 10.2 Å². The van der Waals surface area contributed by atoms with Crippen LogP contribution in [0.15, 0.2) is 71.6 Å². The molecule has 0 bridgehead atoms. The van der Waals surface area contributed by atoms with E-state index in [1.165, 1.54) is 36.3 Å². The lowest BCUT2D eigenvalue weighted by molar-refractivity contribution is -0.140. The van der Waals surface area contributed by atoms with Crippen molar-refractivity contribution >= 4 is 39.1 Å². The van der Waals surface area contributed by atoms with Crippen LogP contribution in [0, 0.1) is 6.92 Å². The Morgan fingerprint density at radius 3 is 2.13 bits per heavy atom. The quantitative estimate of drug-likeness (QED) is 0.222. The van der Waals surface area contributed by atoms with Crippen molar-refractivity contribution in [1.29, 1.82) is 0 Å². The van der Waals surface area contributed by atoms with E-state index in [0.29, 0.717) is 28.1 Å². The molecule has 0 saturated carbocycles. The van der Waals surface area contributed by atoms with Crippen LogP contribution in [0.1, 0.15) is 50.3 Å². The van der Waals surface area contributed by atoms with Crippen LogP contribution < -0.4 is 14.4 Å². The molecule has 13 heteroatoms. The zero-order valence-electron chi connectivity index (χ0n) is 25.7. The molecule has 0 heterocycles. The summed E-state index contributed by atoms with van der Waals surface area (Å²) in [5.41, 5.74) is -0.293. The number of halogens is 4. The van der Waals surface area contributed by atoms with Gasteiger partial charge >= 0.3 is 6.18 Å². The van der Waals surface area contributed by atoms with E-state index in [-0.39, 0.29) is 23.9 Å². The van der Waals surface area contributed by atoms with Crippen molar-refractivity contribution < 1.29 is 35.9 Å². The predicted molar refractivity (Wildman–Crippen MR) is 168 cm³/mol. The summed E-state index contributed by atoms with van der Waals surface area (Å²) in [5, 5.41) is 2.25. The molecule has 0 aliphatic carbocycles. The Bertz CT molecular complexity index is 1580. The molecule has 8 nitrogen and oxygen atoms in total. The number of carbonyl (C=O) groups is 2. The van der Waals surface area contributed by atoms with Gasteiger partial charge in [0.15, 0.2) is 0 Å². The number of methoxy groups -OCH3 is 1. The van der Waals surface area contributed by atoms with Crippen LogP contribution in [0.5, 0.6) is 5.75 Å². The van der Waals surface area contributed by atoms with Crippen molar-refractivity contribution in [3.05, 3.63) is 88.4 Å². The molecule has 3 aromatic carbocycles. The van der Waals surface area contributed by atoms with Gasteiger partial charge in [0.1, 0.15) is 18.3 Å². The van der Waals surface area contributed by atoms with Crippen LogP contribution in [-0.2, 0) is 32.3 Å². The Hall–Kier alpha value is -3.77. The van der Waals surface area contributed by atoms with Gasteiger partial charge in [-0.25, -0.2) is 8.42 Å². The van der Waals surface area contributed by atoms with Gasteiger partial charge in [0.2, 0.25) is 11.8 Å². The molecule has 0 aliphatic heterocycles. The average Bonchev–Trinajstić information content (AvgIpc) is 2.99. The van der Waals surface area contributed by atoms with Gasteiger partial charge in [-0.1, -0.05) is 55.3 Å². The molecule has 45 heavy (non-hydrogen) atoms. The van der Waals surface area contributed by atoms with Gasteiger partial charge in [0.05, 0.1) is 28.3 Å². The van der Waals surface area contributed by atoms with E-state index in [0.717, 1.165) is 17.7 Å².